The van der Waals surface area contributed by atoms with E-state index in [9.17, 15) is 27.6 Å². The number of amidine groups is 1. The number of anilines is 3. The molecular weight excluding hydrogens is 503 g/mol. The van der Waals surface area contributed by atoms with Crippen molar-refractivity contribution in [3.8, 4) is 0 Å². The van der Waals surface area contributed by atoms with Crippen LogP contribution in [0.3, 0.4) is 0 Å². The number of aryl methyl sites for hydroxylation is 2. The molecule has 3 rings (SSSR count). The lowest BCUT2D eigenvalue weighted by Crippen LogP contribution is -2.28. The van der Waals surface area contributed by atoms with Crippen LogP contribution in [0.2, 0.25) is 0 Å². The first kappa shape index (κ1) is 26.3. The molecule has 3 amide bonds. The molecule has 0 aliphatic carbocycles. The molecular formula is C20H22F3N9O3S. The fourth-order valence-electron chi connectivity index (χ4n) is 3.18. The first-order valence-electron chi connectivity index (χ1n) is 10.2. The van der Waals surface area contributed by atoms with E-state index in [0.29, 0.717) is 17.0 Å². The van der Waals surface area contributed by atoms with Crippen molar-refractivity contribution >= 4 is 51.4 Å². The van der Waals surface area contributed by atoms with E-state index >= 15 is 0 Å². The second-order valence-electron chi connectivity index (χ2n) is 7.62. The summed E-state index contributed by atoms with van der Waals surface area (Å²) in [7, 11) is 3.11. The van der Waals surface area contributed by atoms with Crippen LogP contribution in [0.5, 0.6) is 0 Å². The van der Waals surface area contributed by atoms with E-state index in [-0.39, 0.29) is 35.9 Å². The molecule has 3 aromatic heterocycles. The van der Waals surface area contributed by atoms with Gasteiger partial charge in [-0.15, -0.1) is 0 Å². The molecule has 36 heavy (non-hydrogen) atoms. The van der Waals surface area contributed by atoms with Crippen LogP contribution < -0.4 is 27.4 Å². The number of hydrogen-bond acceptors (Lipinski definition) is 7. The van der Waals surface area contributed by atoms with E-state index in [2.05, 4.69) is 20.9 Å². The number of halogens is 3. The monoisotopic (exact) mass is 525 g/mol. The summed E-state index contributed by atoms with van der Waals surface area (Å²) in [6, 6.07) is 2.72. The maximum atomic E-state index is 13.1. The van der Waals surface area contributed by atoms with Crippen molar-refractivity contribution in [2.75, 3.05) is 22.9 Å². The van der Waals surface area contributed by atoms with Crippen LogP contribution in [0.25, 0.3) is 0 Å². The molecule has 0 spiro atoms. The summed E-state index contributed by atoms with van der Waals surface area (Å²) in [6.45, 7) is 0.178. The summed E-state index contributed by atoms with van der Waals surface area (Å²) < 4.78 is 42.2. The summed E-state index contributed by atoms with van der Waals surface area (Å²) in [5.41, 5.74) is 9.93. The first-order valence-corrected chi connectivity index (χ1v) is 11.0. The lowest BCUT2D eigenvalue weighted by atomic mass is 10.3. The highest BCUT2D eigenvalue weighted by atomic mass is 32.1. The predicted molar refractivity (Wildman–Crippen MR) is 127 cm³/mol. The molecule has 192 valence electrons. The Morgan fingerprint density at radius 3 is 2.08 bits per heavy atom. The Morgan fingerprint density at radius 1 is 1.03 bits per heavy atom. The van der Waals surface area contributed by atoms with Crippen molar-refractivity contribution in [1.82, 2.24) is 19.4 Å². The van der Waals surface area contributed by atoms with Gasteiger partial charge in [0.2, 0.25) is 0 Å². The summed E-state index contributed by atoms with van der Waals surface area (Å²) in [6.07, 6.45) is -1.80. The SMILES string of the molecule is Cn1cc(NC(=O)c2cc(NC(=O)c3sc(N)nc3C(F)(F)F)cn2C)cc1C(=O)NCCC(=N)N. The fourth-order valence-corrected chi connectivity index (χ4v) is 3.93. The van der Waals surface area contributed by atoms with E-state index in [0.717, 1.165) is 0 Å². The van der Waals surface area contributed by atoms with Crippen molar-refractivity contribution in [2.24, 2.45) is 19.8 Å². The van der Waals surface area contributed by atoms with E-state index in [1.54, 1.807) is 7.05 Å². The predicted octanol–water partition coefficient (Wildman–Crippen LogP) is 1.98. The molecule has 0 aromatic carbocycles. The Labute approximate surface area is 206 Å². The van der Waals surface area contributed by atoms with Crippen molar-refractivity contribution in [3.63, 3.8) is 0 Å². The topological polar surface area (TPSA) is 186 Å². The van der Waals surface area contributed by atoms with Gasteiger partial charge in [-0.25, -0.2) is 4.98 Å². The standard InChI is InChI=1S/C20H22F3N9O3S/c1-31-7-9(5-11(31)16(33)27-4-3-13(24)25)28-17(34)12-6-10(8-32(12)2)29-18(35)14-15(20(21,22)23)30-19(26)36-14/h5-8H,3-4H2,1-2H3,(H3,24,25)(H2,26,30)(H,27,33)(H,28,34)(H,29,35). The minimum absolute atomic E-state index is 0.0646. The van der Waals surface area contributed by atoms with Crippen LogP contribution in [0.4, 0.5) is 29.7 Å². The molecule has 0 saturated carbocycles. The molecule has 8 N–H and O–H groups in total. The Hall–Kier alpha value is -4.34. The Morgan fingerprint density at radius 2 is 1.56 bits per heavy atom. The Balaban J connectivity index is 1.70. The highest BCUT2D eigenvalue weighted by Gasteiger charge is 2.39. The highest BCUT2D eigenvalue weighted by Crippen LogP contribution is 2.35. The number of amides is 3. The van der Waals surface area contributed by atoms with Gasteiger partial charge in [-0.05, 0) is 12.1 Å². The van der Waals surface area contributed by atoms with E-state index in [4.69, 9.17) is 16.9 Å². The zero-order valence-electron chi connectivity index (χ0n) is 19.0. The largest absolute Gasteiger partial charge is 0.435 e. The number of nitrogen functional groups attached to an aromatic ring is 1. The zero-order valence-corrected chi connectivity index (χ0v) is 19.8. The molecule has 0 aliphatic rings. The van der Waals surface area contributed by atoms with Gasteiger partial charge < -0.3 is 36.6 Å². The van der Waals surface area contributed by atoms with Crippen LogP contribution in [0.1, 0.15) is 42.8 Å². The number of nitrogens with one attached hydrogen (secondary N) is 4. The number of carbonyl (C=O) groups excluding carboxylic acids is 3. The van der Waals surface area contributed by atoms with Gasteiger partial charge in [-0.3, -0.25) is 19.8 Å². The van der Waals surface area contributed by atoms with E-state index in [1.165, 1.54) is 40.7 Å². The third-order valence-corrected chi connectivity index (χ3v) is 5.67. The maximum Gasteiger partial charge on any atom is 0.435 e. The molecule has 12 nitrogen and oxygen atoms in total. The van der Waals surface area contributed by atoms with Gasteiger partial charge in [0, 0.05) is 39.5 Å². The first-order chi connectivity index (χ1) is 16.8. The zero-order chi connectivity index (χ0) is 26.8. The number of carbonyl (C=O) groups is 3. The molecule has 0 radical (unpaired) electrons. The molecule has 0 atom stereocenters. The Kier molecular flexibility index (Phi) is 7.37. The van der Waals surface area contributed by atoms with Crippen LogP contribution in [-0.4, -0.2) is 44.2 Å². The highest BCUT2D eigenvalue weighted by molar-refractivity contribution is 7.17. The van der Waals surface area contributed by atoms with Gasteiger partial charge in [0.25, 0.3) is 17.7 Å². The van der Waals surface area contributed by atoms with Crippen LogP contribution in [0, 0.1) is 5.41 Å². The summed E-state index contributed by atoms with van der Waals surface area (Å²) in [4.78, 5) is 40.0. The fraction of sp³-hybridized carbons (Fsp3) is 0.250. The third kappa shape index (κ3) is 6.01. The number of hydrogen-bond donors (Lipinski definition) is 6. The smallest absolute Gasteiger partial charge is 0.388 e. The summed E-state index contributed by atoms with van der Waals surface area (Å²) in [5, 5.41) is 14.3. The quantitative estimate of drug-likeness (QED) is 0.193. The van der Waals surface area contributed by atoms with Gasteiger partial charge in [0.1, 0.15) is 16.3 Å². The van der Waals surface area contributed by atoms with E-state index in [1.807, 2.05) is 0 Å². The number of thiazole rings is 1. The Bertz CT molecular complexity index is 1340. The van der Waals surface area contributed by atoms with Crippen molar-refractivity contribution in [3.05, 3.63) is 46.5 Å². The molecule has 0 saturated heterocycles. The lowest BCUT2D eigenvalue weighted by molar-refractivity contribution is -0.140. The number of aromatic nitrogens is 3. The lowest BCUT2D eigenvalue weighted by Gasteiger charge is -2.05. The number of alkyl halides is 3. The second-order valence-corrected chi connectivity index (χ2v) is 8.65. The maximum absolute atomic E-state index is 13.1. The van der Waals surface area contributed by atoms with E-state index < -0.39 is 39.6 Å². The van der Waals surface area contributed by atoms with Crippen LogP contribution >= 0.6 is 11.3 Å². The average molecular weight is 526 g/mol. The summed E-state index contributed by atoms with van der Waals surface area (Å²) in [5.74, 6) is -2.15. The molecule has 16 heteroatoms. The van der Waals surface area contributed by atoms with Gasteiger partial charge in [-0.2, -0.15) is 13.2 Å². The minimum atomic E-state index is -4.86. The van der Waals surface area contributed by atoms with Crippen molar-refractivity contribution < 1.29 is 27.6 Å². The van der Waals surface area contributed by atoms with Crippen molar-refractivity contribution in [2.45, 2.75) is 12.6 Å². The molecule has 0 fully saturated rings. The number of nitrogens with zero attached hydrogens (tertiary/aromatic N) is 3. The molecule has 3 aromatic rings. The molecule has 3 heterocycles. The summed E-state index contributed by atoms with van der Waals surface area (Å²) >= 11 is 0.397. The van der Waals surface area contributed by atoms with Crippen LogP contribution in [-0.2, 0) is 20.3 Å². The van der Waals surface area contributed by atoms with Gasteiger partial charge in [0.05, 0.1) is 17.2 Å². The van der Waals surface area contributed by atoms with Crippen molar-refractivity contribution in [1.29, 1.82) is 5.41 Å². The van der Waals surface area contributed by atoms with Gasteiger partial charge >= 0.3 is 6.18 Å². The molecule has 0 bridgehead atoms. The second kappa shape index (κ2) is 10.1. The van der Waals surface area contributed by atoms with Crippen LogP contribution in [0.15, 0.2) is 24.5 Å². The number of rotatable bonds is 8. The average Bonchev–Trinajstić information content (AvgIpc) is 3.43. The minimum Gasteiger partial charge on any atom is -0.388 e. The number of nitrogens with two attached hydrogens (primary N) is 2. The third-order valence-electron chi connectivity index (χ3n) is 4.79. The molecule has 0 unspecified atom stereocenters. The van der Waals surface area contributed by atoms with Gasteiger partial charge in [0.15, 0.2) is 10.8 Å². The normalized spacial score (nSPS) is 11.2. The molecule has 0 aliphatic heterocycles. The van der Waals surface area contributed by atoms with Gasteiger partial charge in [-0.1, -0.05) is 11.3 Å².